The Morgan fingerprint density at radius 3 is 2.67 bits per heavy atom. The number of nitrogens with one attached hydrogen (secondary N) is 1. The quantitative estimate of drug-likeness (QED) is 0.864. The van der Waals surface area contributed by atoms with Crippen molar-refractivity contribution >= 4 is 5.91 Å². The van der Waals surface area contributed by atoms with Crippen molar-refractivity contribution in [3.05, 3.63) is 58.7 Å². The number of carbonyl (C=O) groups excluding carboxylic acids is 1. The molecule has 1 heterocycles. The summed E-state index contributed by atoms with van der Waals surface area (Å²) in [5.41, 5.74) is 4.09. The van der Waals surface area contributed by atoms with E-state index in [1.54, 1.807) is 7.11 Å². The molecule has 4 heteroatoms. The normalized spacial score (nSPS) is 20.0. The first-order chi connectivity index (χ1) is 12.9. The fourth-order valence-corrected chi connectivity index (χ4v) is 4.20. The second kappa shape index (κ2) is 6.91. The van der Waals surface area contributed by atoms with Crippen molar-refractivity contribution in [2.24, 2.45) is 0 Å². The van der Waals surface area contributed by atoms with Crippen LogP contribution in [0.5, 0.6) is 11.5 Å². The first kappa shape index (κ1) is 17.9. The van der Waals surface area contributed by atoms with E-state index in [9.17, 15) is 4.79 Å². The van der Waals surface area contributed by atoms with Crippen LogP contribution in [-0.4, -0.2) is 18.6 Å². The van der Waals surface area contributed by atoms with E-state index in [0.717, 1.165) is 35.5 Å². The Labute approximate surface area is 160 Å². The highest BCUT2D eigenvalue weighted by Gasteiger charge is 2.35. The summed E-state index contributed by atoms with van der Waals surface area (Å²) < 4.78 is 11.5. The second-order valence-corrected chi connectivity index (χ2v) is 8.19. The Morgan fingerprint density at radius 2 is 1.89 bits per heavy atom. The maximum Gasteiger partial charge on any atom is 0.251 e. The van der Waals surface area contributed by atoms with Gasteiger partial charge >= 0.3 is 0 Å². The molecule has 4 nitrogen and oxygen atoms in total. The maximum atomic E-state index is 13.0. The van der Waals surface area contributed by atoms with Crippen molar-refractivity contribution in [1.29, 1.82) is 0 Å². The lowest BCUT2D eigenvalue weighted by molar-refractivity contribution is 0.0618. The number of ether oxygens (including phenoxy) is 2. The van der Waals surface area contributed by atoms with Gasteiger partial charge in [0.15, 0.2) is 0 Å². The van der Waals surface area contributed by atoms with E-state index in [2.05, 4.69) is 31.3 Å². The summed E-state index contributed by atoms with van der Waals surface area (Å²) in [6.07, 6.45) is 5.36. The third-order valence-electron chi connectivity index (χ3n) is 5.59. The number of methoxy groups -OCH3 is 1. The van der Waals surface area contributed by atoms with Crippen LogP contribution in [0.1, 0.15) is 66.2 Å². The Balaban J connectivity index is 1.61. The monoisotopic (exact) mass is 365 g/mol. The zero-order valence-electron chi connectivity index (χ0n) is 16.3. The minimum atomic E-state index is -0.338. The first-order valence-corrected chi connectivity index (χ1v) is 9.75. The zero-order chi connectivity index (χ0) is 19.0. The molecular formula is C23H27NO3. The van der Waals surface area contributed by atoms with Crippen LogP contribution in [-0.2, 0) is 12.8 Å². The third-order valence-corrected chi connectivity index (χ3v) is 5.59. The molecule has 0 fully saturated rings. The number of fused-ring (bicyclic) bond motifs is 2. The summed E-state index contributed by atoms with van der Waals surface area (Å²) in [5.74, 6) is 1.55. The SMILES string of the molecule is COc1ccc2c(c1)[C@H](NC(=O)c1ccc3c(c1)CCCC3)CC(C)(C)O2. The Morgan fingerprint density at radius 1 is 1.11 bits per heavy atom. The van der Waals surface area contributed by atoms with Crippen LogP contribution in [0.3, 0.4) is 0 Å². The Hall–Kier alpha value is -2.49. The molecule has 1 atom stereocenters. The number of rotatable bonds is 3. The number of aryl methyl sites for hydroxylation is 2. The fourth-order valence-electron chi connectivity index (χ4n) is 4.20. The molecule has 1 N–H and O–H groups in total. The van der Waals surface area contributed by atoms with Gasteiger partial charge in [0.1, 0.15) is 17.1 Å². The van der Waals surface area contributed by atoms with Crippen molar-refractivity contribution in [3.8, 4) is 11.5 Å². The van der Waals surface area contributed by atoms with Crippen LogP contribution in [0.25, 0.3) is 0 Å². The number of benzene rings is 2. The molecule has 4 rings (SSSR count). The molecule has 0 saturated heterocycles. The highest BCUT2D eigenvalue weighted by Crippen LogP contribution is 2.41. The van der Waals surface area contributed by atoms with Gasteiger partial charge in [-0.25, -0.2) is 0 Å². The van der Waals surface area contributed by atoms with E-state index in [1.807, 2.05) is 24.3 Å². The van der Waals surface area contributed by atoms with E-state index < -0.39 is 0 Å². The van der Waals surface area contributed by atoms with Gasteiger partial charge in [0.2, 0.25) is 0 Å². The van der Waals surface area contributed by atoms with Crippen molar-refractivity contribution in [2.75, 3.05) is 7.11 Å². The molecule has 27 heavy (non-hydrogen) atoms. The molecule has 142 valence electrons. The highest BCUT2D eigenvalue weighted by atomic mass is 16.5. The molecule has 1 aliphatic heterocycles. The summed E-state index contributed by atoms with van der Waals surface area (Å²) in [6, 6.07) is 11.8. The Kier molecular flexibility index (Phi) is 4.58. The minimum Gasteiger partial charge on any atom is -0.497 e. The molecule has 1 amide bonds. The zero-order valence-corrected chi connectivity index (χ0v) is 16.3. The number of hydrogen-bond acceptors (Lipinski definition) is 3. The number of hydrogen-bond donors (Lipinski definition) is 1. The minimum absolute atomic E-state index is 0.0279. The fraction of sp³-hybridized carbons (Fsp3) is 0.435. The van der Waals surface area contributed by atoms with E-state index in [1.165, 1.54) is 24.0 Å². The van der Waals surface area contributed by atoms with E-state index in [-0.39, 0.29) is 17.6 Å². The molecule has 2 aromatic rings. The van der Waals surface area contributed by atoms with Crippen molar-refractivity contribution in [2.45, 2.75) is 57.6 Å². The summed E-state index contributed by atoms with van der Waals surface area (Å²) in [5, 5.41) is 3.23. The second-order valence-electron chi connectivity index (χ2n) is 8.19. The summed E-state index contributed by atoms with van der Waals surface area (Å²) in [7, 11) is 1.65. The van der Waals surface area contributed by atoms with E-state index >= 15 is 0 Å². The molecule has 0 bridgehead atoms. The van der Waals surface area contributed by atoms with Crippen LogP contribution >= 0.6 is 0 Å². The van der Waals surface area contributed by atoms with Gasteiger partial charge in [-0.15, -0.1) is 0 Å². The maximum absolute atomic E-state index is 13.0. The predicted molar refractivity (Wildman–Crippen MR) is 106 cm³/mol. The average molecular weight is 365 g/mol. The standard InChI is InChI=1S/C23H27NO3/c1-23(2)14-20(19-13-18(26-3)10-11-21(19)27-23)24-22(25)17-9-8-15-6-4-5-7-16(15)12-17/h8-13,20H,4-7,14H2,1-3H3,(H,24,25)/t20-/m1/s1. The van der Waals surface area contributed by atoms with Crippen LogP contribution in [0.4, 0.5) is 0 Å². The number of amides is 1. The smallest absolute Gasteiger partial charge is 0.251 e. The van der Waals surface area contributed by atoms with Crippen molar-refractivity contribution in [1.82, 2.24) is 5.32 Å². The molecule has 0 spiro atoms. The molecule has 1 aliphatic carbocycles. The molecule has 0 unspecified atom stereocenters. The molecule has 0 radical (unpaired) electrons. The van der Waals surface area contributed by atoms with Gasteiger partial charge in [-0.2, -0.15) is 0 Å². The topological polar surface area (TPSA) is 47.6 Å². The van der Waals surface area contributed by atoms with Gasteiger partial charge < -0.3 is 14.8 Å². The first-order valence-electron chi connectivity index (χ1n) is 9.75. The van der Waals surface area contributed by atoms with E-state index in [0.29, 0.717) is 6.42 Å². The average Bonchev–Trinajstić information content (AvgIpc) is 2.66. The van der Waals surface area contributed by atoms with Gasteiger partial charge in [0.05, 0.1) is 13.2 Å². The van der Waals surface area contributed by atoms with Crippen LogP contribution in [0.15, 0.2) is 36.4 Å². The van der Waals surface area contributed by atoms with Crippen LogP contribution in [0, 0.1) is 0 Å². The van der Waals surface area contributed by atoms with Crippen molar-refractivity contribution in [3.63, 3.8) is 0 Å². The summed E-state index contributed by atoms with van der Waals surface area (Å²) in [6.45, 7) is 4.11. The molecule has 0 saturated carbocycles. The summed E-state index contributed by atoms with van der Waals surface area (Å²) in [4.78, 5) is 13.0. The van der Waals surface area contributed by atoms with Gasteiger partial charge in [0, 0.05) is 17.5 Å². The lowest BCUT2D eigenvalue weighted by Gasteiger charge is -2.38. The molecule has 0 aromatic heterocycles. The highest BCUT2D eigenvalue weighted by molar-refractivity contribution is 5.94. The summed E-state index contributed by atoms with van der Waals surface area (Å²) >= 11 is 0. The largest absolute Gasteiger partial charge is 0.497 e. The van der Waals surface area contributed by atoms with Gasteiger partial charge in [-0.05, 0) is 81.0 Å². The lowest BCUT2D eigenvalue weighted by Crippen LogP contribution is -2.41. The molecule has 2 aliphatic rings. The van der Waals surface area contributed by atoms with Crippen LogP contribution < -0.4 is 14.8 Å². The van der Waals surface area contributed by atoms with Gasteiger partial charge in [-0.1, -0.05) is 6.07 Å². The Bertz CT molecular complexity index is 872. The number of carbonyl (C=O) groups is 1. The van der Waals surface area contributed by atoms with Crippen molar-refractivity contribution < 1.29 is 14.3 Å². The van der Waals surface area contributed by atoms with E-state index in [4.69, 9.17) is 9.47 Å². The lowest BCUT2D eigenvalue weighted by atomic mass is 9.88. The van der Waals surface area contributed by atoms with Crippen LogP contribution in [0.2, 0.25) is 0 Å². The third kappa shape index (κ3) is 3.66. The predicted octanol–water partition coefficient (Wildman–Crippen LogP) is 4.61. The van der Waals surface area contributed by atoms with Gasteiger partial charge in [0.25, 0.3) is 5.91 Å². The molecular weight excluding hydrogens is 338 g/mol. The van der Waals surface area contributed by atoms with Gasteiger partial charge in [-0.3, -0.25) is 4.79 Å². The molecule has 2 aromatic carbocycles.